The number of carbonyl (C=O) groups excluding carboxylic acids is 1. The number of fused-ring (bicyclic) bond motifs is 1. The summed E-state index contributed by atoms with van der Waals surface area (Å²) in [4.78, 5) is 11.6. The number of anilines is 1. The molecule has 1 heterocycles. The Bertz CT molecular complexity index is 716. The summed E-state index contributed by atoms with van der Waals surface area (Å²) in [5.74, 6) is 4.79. The molecule has 0 bridgehead atoms. The predicted molar refractivity (Wildman–Crippen MR) is 74.4 cm³/mol. The van der Waals surface area contributed by atoms with Crippen LogP contribution in [0.25, 0.3) is 0 Å². The average molecular weight is 330 g/mol. The molecule has 0 unspecified atom stereocenters. The van der Waals surface area contributed by atoms with Crippen molar-refractivity contribution in [2.45, 2.75) is 31.5 Å². The van der Waals surface area contributed by atoms with E-state index in [4.69, 9.17) is 11.6 Å². The number of carbonyl (C=O) groups is 1. The van der Waals surface area contributed by atoms with E-state index in [9.17, 15) is 18.0 Å². The van der Waals surface area contributed by atoms with E-state index >= 15 is 0 Å². The zero-order valence-electron chi connectivity index (χ0n) is 11.5. The molecule has 3 rings (SSSR count). The van der Waals surface area contributed by atoms with Crippen LogP contribution in [0.15, 0.2) is 18.2 Å². The molecule has 1 saturated carbocycles. The Kier molecular flexibility index (Phi) is 3.12. The summed E-state index contributed by atoms with van der Waals surface area (Å²) in [5.41, 5.74) is -3.76. The highest BCUT2D eigenvalue weighted by Crippen LogP contribution is 2.49. The van der Waals surface area contributed by atoms with Crippen LogP contribution in [-0.4, -0.2) is 12.3 Å². The van der Waals surface area contributed by atoms with Gasteiger partial charge in [0.2, 0.25) is 0 Å². The van der Waals surface area contributed by atoms with Gasteiger partial charge in [0.05, 0.1) is 5.69 Å². The van der Waals surface area contributed by atoms with Gasteiger partial charge in [-0.2, -0.15) is 13.2 Å². The smallest absolute Gasteiger partial charge is 0.415 e. The molecule has 1 aliphatic carbocycles. The van der Waals surface area contributed by atoms with Crippen molar-refractivity contribution in [1.29, 1.82) is 0 Å². The summed E-state index contributed by atoms with van der Waals surface area (Å²) in [6.07, 6.45) is -4.63. The zero-order valence-corrected chi connectivity index (χ0v) is 12.2. The van der Waals surface area contributed by atoms with Crippen LogP contribution in [0.2, 0.25) is 5.02 Å². The molecule has 1 aromatic rings. The Morgan fingerprint density at radius 3 is 2.59 bits per heavy atom. The average Bonchev–Trinajstić information content (AvgIpc) is 3.14. The Hall–Kier alpha value is -1.87. The van der Waals surface area contributed by atoms with E-state index in [1.54, 1.807) is 6.92 Å². The van der Waals surface area contributed by atoms with Gasteiger partial charge in [-0.15, -0.1) is 0 Å². The Morgan fingerprint density at radius 2 is 2.00 bits per heavy atom. The van der Waals surface area contributed by atoms with Gasteiger partial charge in [-0.05, 0) is 43.9 Å². The van der Waals surface area contributed by atoms with E-state index in [-0.39, 0.29) is 16.3 Å². The maximum Gasteiger partial charge on any atom is 0.445 e. The van der Waals surface area contributed by atoms with Crippen molar-refractivity contribution in [3.63, 3.8) is 0 Å². The number of ether oxygens (including phenoxy) is 1. The molecule has 3 nitrogen and oxygen atoms in total. The van der Waals surface area contributed by atoms with Crippen LogP contribution >= 0.6 is 11.6 Å². The van der Waals surface area contributed by atoms with Gasteiger partial charge in [0.15, 0.2) is 0 Å². The van der Waals surface area contributed by atoms with Gasteiger partial charge in [-0.3, -0.25) is 5.32 Å². The van der Waals surface area contributed by atoms with E-state index in [2.05, 4.69) is 21.9 Å². The molecular formula is C15H11ClF3NO2. The number of rotatable bonds is 0. The van der Waals surface area contributed by atoms with E-state index in [1.165, 1.54) is 12.1 Å². The maximum absolute atomic E-state index is 13.7. The van der Waals surface area contributed by atoms with Gasteiger partial charge < -0.3 is 4.74 Å². The summed E-state index contributed by atoms with van der Waals surface area (Å²) in [5, 5.41) is 2.34. The third-order valence-electron chi connectivity index (χ3n) is 3.78. The lowest BCUT2D eigenvalue weighted by atomic mass is 9.89. The minimum Gasteiger partial charge on any atom is -0.415 e. The summed E-state index contributed by atoms with van der Waals surface area (Å²) in [6, 6.07) is 3.82. The van der Waals surface area contributed by atoms with Crippen LogP contribution in [0.5, 0.6) is 0 Å². The number of hydrogen-bond donors (Lipinski definition) is 1. The van der Waals surface area contributed by atoms with Crippen LogP contribution in [0.3, 0.4) is 0 Å². The third kappa shape index (κ3) is 2.40. The molecule has 7 heteroatoms. The lowest BCUT2D eigenvalue weighted by Gasteiger charge is -2.35. The number of alkyl halides is 3. The number of amides is 1. The van der Waals surface area contributed by atoms with E-state index in [1.807, 2.05) is 0 Å². The third-order valence-corrected chi connectivity index (χ3v) is 4.02. The molecule has 2 aliphatic rings. The normalized spacial score (nSPS) is 25.2. The van der Waals surface area contributed by atoms with Crippen molar-refractivity contribution in [2.24, 2.45) is 5.41 Å². The Balaban J connectivity index is 2.23. The minimum atomic E-state index is -4.89. The van der Waals surface area contributed by atoms with Crippen LogP contribution in [-0.2, 0) is 10.3 Å². The second kappa shape index (κ2) is 4.56. The van der Waals surface area contributed by atoms with Crippen molar-refractivity contribution < 1.29 is 22.7 Å². The van der Waals surface area contributed by atoms with Crippen molar-refractivity contribution in [1.82, 2.24) is 0 Å². The number of halogens is 4. The largest absolute Gasteiger partial charge is 0.445 e. The molecule has 1 aliphatic heterocycles. The molecule has 1 amide bonds. The molecule has 0 aromatic heterocycles. The van der Waals surface area contributed by atoms with E-state index < -0.39 is 23.3 Å². The molecule has 1 fully saturated rings. The molecule has 1 atom stereocenters. The van der Waals surface area contributed by atoms with Crippen LogP contribution in [0.1, 0.15) is 25.3 Å². The fraction of sp³-hybridized carbons (Fsp3) is 0.400. The standard InChI is InChI=1S/C15H11ClF3NO2/c1-13(4-5-13)6-7-14(15(17,18)19)10-8-9(16)2-3-11(10)20-12(21)22-14/h2-3,8H,4-5H2,1H3,(H,20,21)/t14-/m0/s1. The molecule has 1 N–H and O–H groups in total. The van der Waals surface area contributed by atoms with Gasteiger partial charge in [0, 0.05) is 16.0 Å². The van der Waals surface area contributed by atoms with E-state index in [0.717, 1.165) is 18.9 Å². The van der Waals surface area contributed by atoms with Gasteiger partial charge in [0.1, 0.15) is 0 Å². The first-order chi connectivity index (χ1) is 10.2. The Morgan fingerprint density at radius 1 is 1.32 bits per heavy atom. The first-order valence-corrected chi connectivity index (χ1v) is 6.94. The fourth-order valence-corrected chi connectivity index (χ4v) is 2.34. The molecule has 0 saturated heterocycles. The molecular weight excluding hydrogens is 319 g/mol. The monoisotopic (exact) mass is 329 g/mol. The van der Waals surface area contributed by atoms with Crippen molar-refractivity contribution >= 4 is 23.4 Å². The zero-order chi connectivity index (χ0) is 16.2. The predicted octanol–water partition coefficient (Wildman–Crippen LogP) is 4.46. The molecule has 0 radical (unpaired) electrons. The van der Waals surface area contributed by atoms with Crippen molar-refractivity contribution in [2.75, 3.05) is 5.32 Å². The highest BCUT2D eigenvalue weighted by molar-refractivity contribution is 6.30. The van der Waals surface area contributed by atoms with Crippen LogP contribution < -0.4 is 5.32 Å². The second-order valence-corrected chi connectivity index (χ2v) is 6.13. The number of nitrogens with one attached hydrogen (secondary N) is 1. The lowest BCUT2D eigenvalue weighted by molar-refractivity contribution is -0.239. The molecule has 1 aromatic carbocycles. The highest BCUT2D eigenvalue weighted by atomic mass is 35.5. The topological polar surface area (TPSA) is 38.3 Å². The lowest BCUT2D eigenvalue weighted by Crippen LogP contribution is -2.49. The van der Waals surface area contributed by atoms with Crippen molar-refractivity contribution in [3.8, 4) is 11.8 Å². The molecule has 0 spiro atoms. The van der Waals surface area contributed by atoms with Gasteiger partial charge in [-0.25, -0.2) is 4.79 Å². The summed E-state index contributed by atoms with van der Waals surface area (Å²) < 4.78 is 45.8. The summed E-state index contributed by atoms with van der Waals surface area (Å²) in [6.45, 7) is 1.77. The SMILES string of the molecule is CC1(C#C[C@]2(C(F)(F)F)OC(=O)Nc3ccc(Cl)cc32)CC1. The summed E-state index contributed by atoms with van der Waals surface area (Å²) in [7, 11) is 0. The number of benzene rings is 1. The first-order valence-electron chi connectivity index (χ1n) is 6.56. The number of cyclic esters (lactones) is 1. The van der Waals surface area contributed by atoms with Gasteiger partial charge in [-0.1, -0.05) is 17.5 Å². The fourth-order valence-electron chi connectivity index (χ4n) is 2.17. The maximum atomic E-state index is 13.7. The van der Waals surface area contributed by atoms with Gasteiger partial charge in [0.25, 0.3) is 5.60 Å². The molecule has 22 heavy (non-hydrogen) atoms. The highest BCUT2D eigenvalue weighted by Gasteiger charge is 2.62. The van der Waals surface area contributed by atoms with E-state index in [0.29, 0.717) is 0 Å². The minimum absolute atomic E-state index is 0.00627. The van der Waals surface area contributed by atoms with Crippen LogP contribution in [0.4, 0.5) is 23.7 Å². The van der Waals surface area contributed by atoms with Crippen molar-refractivity contribution in [3.05, 3.63) is 28.8 Å². The quantitative estimate of drug-likeness (QED) is 0.713. The second-order valence-electron chi connectivity index (χ2n) is 5.69. The van der Waals surface area contributed by atoms with Crippen LogP contribution in [0, 0.1) is 17.3 Å². The first kappa shape index (κ1) is 15.0. The Labute approximate surface area is 129 Å². The molecule has 116 valence electrons. The van der Waals surface area contributed by atoms with Gasteiger partial charge >= 0.3 is 12.3 Å². The number of hydrogen-bond acceptors (Lipinski definition) is 2. The summed E-state index contributed by atoms with van der Waals surface area (Å²) >= 11 is 5.81.